The summed E-state index contributed by atoms with van der Waals surface area (Å²) in [5.74, 6) is -2.89. The van der Waals surface area contributed by atoms with E-state index in [4.69, 9.17) is 11.5 Å². The third kappa shape index (κ3) is 8.95. The van der Waals surface area contributed by atoms with E-state index in [2.05, 4.69) is 10.6 Å². The minimum Gasteiger partial charge on any atom is -0.398 e. The van der Waals surface area contributed by atoms with E-state index in [9.17, 15) is 29.3 Å². The van der Waals surface area contributed by atoms with Crippen molar-refractivity contribution in [1.29, 1.82) is 0 Å². The van der Waals surface area contributed by atoms with Gasteiger partial charge in [0, 0.05) is 24.4 Å². The van der Waals surface area contributed by atoms with E-state index < -0.39 is 46.7 Å². The zero-order valence-electron chi connectivity index (χ0n) is 24.9. The van der Waals surface area contributed by atoms with E-state index in [1.165, 1.54) is 43.3 Å². The lowest BCUT2D eigenvalue weighted by atomic mass is 9.99. The molecule has 4 amide bonds. The Morgan fingerprint density at radius 2 is 1.48 bits per heavy atom. The molecule has 0 aliphatic heterocycles. The number of nitro groups is 1. The number of nitrogens with two attached hydrogens (primary N) is 2. The number of rotatable bonds is 13. The van der Waals surface area contributed by atoms with Crippen LogP contribution in [0.4, 0.5) is 11.4 Å². The maximum Gasteiger partial charge on any atom is 0.269 e. The fourth-order valence-electron chi connectivity index (χ4n) is 4.58. The van der Waals surface area contributed by atoms with Crippen LogP contribution < -0.4 is 22.1 Å². The van der Waals surface area contributed by atoms with Crippen LogP contribution in [0.15, 0.2) is 78.9 Å². The highest BCUT2D eigenvalue weighted by Crippen LogP contribution is 2.19. The molecule has 0 fully saturated rings. The summed E-state index contributed by atoms with van der Waals surface area (Å²) in [6.45, 7) is 5.11. The number of nitrogens with zero attached hydrogens (tertiary/aromatic N) is 2. The van der Waals surface area contributed by atoms with Gasteiger partial charge in [-0.2, -0.15) is 0 Å². The van der Waals surface area contributed by atoms with Crippen LogP contribution >= 0.6 is 0 Å². The van der Waals surface area contributed by atoms with Crippen molar-refractivity contribution in [3.8, 4) is 0 Å². The fourth-order valence-corrected chi connectivity index (χ4v) is 4.58. The Kier molecular flexibility index (Phi) is 11.7. The van der Waals surface area contributed by atoms with Crippen LogP contribution in [-0.4, -0.2) is 51.6 Å². The van der Waals surface area contributed by atoms with Gasteiger partial charge in [0.15, 0.2) is 0 Å². The molecule has 6 N–H and O–H groups in total. The van der Waals surface area contributed by atoms with Gasteiger partial charge in [-0.3, -0.25) is 34.2 Å². The van der Waals surface area contributed by atoms with Crippen molar-refractivity contribution in [2.24, 2.45) is 11.7 Å². The summed E-state index contributed by atoms with van der Waals surface area (Å²) in [5, 5.41) is 16.3. The van der Waals surface area contributed by atoms with Gasteiger partial charge in [-0.15, -0.1) is 0 Å². The van der Waals surface area contributed by atoms with E-state index in [-0.39, 0.29) is 42.2 Å². The van der Waals surface area contributed by atoms with Crippen LogP contribution in [0.25, 0.3) is 0 Å². The number of hydrogen-bond acceptors (Lipinski definition) is 8. The molecule has 0 spiro atoms. The summed E-state index contributed by atoms with van der Waals surface area (Å²) in [7, 11) is 0. The molecule has 44 heavy (non-hydrogen) atoms. The molecule has 3 rings (SSSR count). The third-order valence-corrected chi connectivity index (χ3v) is 6.98. The van der Waals surface area contributed by atoms with Gasteiger partial charge in [0.25, 0.3) is 17.5 Å². The Labute approximate surface area is 255 Å². The van der Waals surface area contributed by atoms with Gasteiger partial charge in [0.05, 0.1) is 16.5 Å². The molecule has 3 aromatic rings. The highest BCUT2D eigenvalue weighted by molar-refractivity contribution is 6.11. The first-order valence-corrected chi connectivity index (χ1v) is 14.2. The van der Waals surface area contributed by atoms with Crippen molar-refractivity contribution in [1.82, 2.24) is 15.5 Å². The minimum atomic E-state index is -1.31. The first kappa shape index (κ1) is 33.4. The average Bonchev–Trinajstić information content (AvgIpc) is 3.00. The van der Waals surface area contributed by atoms with Gasteiger partial charge in [-0.1, -0.05) is 68.4 Å². The summed E-state index contributed by atoms with van der Waals surface area (Å²) in [6, 6.07) is 17.5. The molecule has 3 atom stereocenters. The number of benzene rings is 3. The van der Waals surface area contributed by atoms with Gasteiger partial charge >= 0.3 is 0 Å². The van der Waals surface area contributed by atoms with Gasteiger partial charge in [-0.05, 0) is 48.9 Å². The van der Waals surface area contributed by atoms with Crippen molar-refractivity contribution in [3.63, 3.8) is 0 Å². The monoisotopic (exact) mass is 602 g/mol. The molecule has 232 valence electrons. The molecule has 0 unspecified atom stereocenters. The summed E-state index contributed by atoms with van der Waals surface area (Å²) >= 11 is 0. The lowest BCUT2D eigenvalue weighted by Crippen LogP contribution is -2.58. The van der Waals surface area contributed by atoms with E-state index in [0.29, 0.717) is 5.56 Å². The quantitative estimate of drug-likeness (QED) is 0.130. The number of anilines is 1. The highest BCUT2D eigenvalue weighted by atomic mass is 16.6. The number of nitrogen functional groups attached to an aromatic ring is 1. The van der Waals surface area contributed by atoms with Crippen LogP contribution in [-0.2, 0) is 27.3 Å². The smallest absolute Gasteiger partial charge is 0.269 e. The summed E-state index contributed by atoms with van der Waals surface area (Å²) in [5.41, 5.74) is 13.7. The van der Waals surface area contributed by atoms with Crippen molar-refractivity contribution in [2.45, 2.75) is 58.3 Å². The van der Waals surface area contributed by atoms with Crippen molar-refractivity contribution in [3.05, 3.63) is 106 Å². The first-order valence-electron chi connectivity index (χ1n) is 14.2. The first-order chi connectivity index (χ1) is 20.9. The molecular weight excluding hydrogens is 564 g/mol. The standard InChI is InChI=1S/C32H38N6O6/c1-20(2)17-28(36-30(40)27(34)18-22-9-5-4-6-10-22)32(42)37(31(41)25-11-7-8-12-26(25)33)21(3)29(39)35-19-23-13-15-24(16-14-23)38(43)44/h4-16,20-21,27-28H,17-19,33-34H2,1-3H3,(H,35,39)(H,36,40)/t21-,27-,28-/m0/s1. The number of non-ortho nitro benzene ring substituents is 1. The Morgan fingerprint density at radius 1 is 0.864 bits per heavy atom. The summed E-state index contributed by atoms with van der Waals surface area (Å²) < 4.78 is 0. The third-order valence-electron chi connectivity index (χ3n) is 6.98. The van der Waals surface area contributed by atoms with Gasteiger partial charge in [0.2, 0.25) is 11.8 Å². The molecule has 0 bridgehead atoms. The Hall–Kier alpha value is -5.10. The number of imide groups is 1. The second kappa shape index (κ2) is 15.4. The predicted molar refractivity (Wildman–Crippen MR) is 166 cm³/mol. The highest BCUT2D eigenvalue weighted by Gasteiger charge is 2.38. The lowest BCUT2D eigenvalue weighted by molar-refractivity contribution is -0.384. The molecule has 12 nitrogen and oxygen atoms in total. The lowest BCUT2D eigenvalue weighted by Gasteiger charge is -2.32. The minimum absolute atomic E-state index is 0.00857. The topological polar surface area (TPSA) is 191 Å². The van der Waals surface area contributed by atoms with E-state index in [1.807, 2.05) is 44.2 Å². The average molecular weight is 603 g/mol. The number of amides is 4. The summed E-state index contributed by atoms with van der Waals surface area (Å²) in [4.78, 5) is 65.6. The Bertz CT molecular complexity index is 1480. The maximum atomic E-state index is 14.1. The van der Waals surface area contributed by atoms with Crippen molar-refractivity contribution in [2.75, 3.05) is 5.73 Å². The molecule has 0 heterocycles. The molecule has 12 heteroatoms. The van der Waals surface area contributed by atoms with Crippen molar-refractivity contribution >= 4 is 35.0 Å². The predicted octanol–water partition coefficient (Wildman–Crippen LogP) is 2.95. The second-order valence-corrected chi connectivity index (χ2v) is 10.9. The number of para-hydroxylation sites is 1. The van der Waals surface area contributed by atoms with Crippen LogP contribution in [0.1, 0.15) is 48.7 Å². The number of carbonyl (C=O) groups excluding carboxylic acids is 4. The zero-order chi connectivity index (χ0) is 32.4. The summed E-state index contributed by atoms with van der Waals surface area (Å²) in [6.07, 6.45) is 0.410. The van der Waals surface area contributed by atoms with E-state index in [1.54, 1.807) is 12.1 Å². The molecule has 0 aromatic heterocycles. The SMILES string of the molecule is CC(C)C[C@H](NC(=O)[C@@H](N)Cc1ccccc1)C(=O)N(C(=O)c1ccccc1N)[C@@H](C)C(=O)NCc1ccc([N+](=O)[O-])cc1. The van der Waals surface area contributed by atoms with Crippen LogP contribution in [0.5, 0.6) is 0 Å². The van der Waals surface area contributed by atoms with Gasteiger partial charge in [0.1, 0.15) is 12.1 Å². The fraction of sp³-hybridized carbons (Fsp3) is 0.312. The molecule has 3 aromatic carbocycles. The Balaban J connectivity index is 1.87. The molecule has 0 aliphatic rings. The number of nitro benzene ring substituents is 1. The molecule has 0 radical (unpaired) electrons. The molecule has 0 aliphatic carbocycles. The normalized spacial score (nSPS) is 12.9. The number of carbonyl (C=O) groups is 4. The van der Waals surface area contributed by atoms with Gasteiger partial charge < -0.3 is 22.1 Å². The van der Waals surface area contributed by atoms with Crippen LogP contribution in [0, 0.1) is 16.0 Å². The zero-order valence-corrected chi connectivity index (χ0v) is 24.9. The molecule has 0 saturated carbocycles. The van der Waals surface area contributed by atoms with E-state index in [0.717, 1.165) is 10.5 Å². The maximum absolute atomic E-state index is 14.1. The second-order valence-electron chi connectivity index (χ2n) is 10.9. The largest absolute Gasteiger partial charge is 0.398 e. The van der Waals surface area contributed by atoms with Crippen LogP contribution in [0.3, 0.4) is 0 Å². The number of nitrogens with one attached hydrogen (secondary N) is 2. The van der Waals surface area contributed by atoms with Crippen molar-refractivity contribution < 1.29 is 24.1 Å². The molecular formula is C32H38N6O6. The number of hydrogen-bond donors (Lipinski definition) is 4. The van der Waals surface area contributed by atoms with Crippen LogP contribution in [0.2, 0.25) is 0 Å². The Morgan fingerprint density at radius 3 is 2.07 bits per heavy atom. The van der Waals surface area contributed by atoms with Gasteiger partial charge in [-0.25, -0.2) is 0 Å². The van der Waals surface area contributed by atoms with E-state index >= 15 is 0 Å². The molecule has 0 saturated heterocycles.